The van der Waals surface area contributed by atoms with Crippen molar-refractivity contribution < 1.29 is 24.1 Å². The first-order chi connectivity index (χ1) is 9.62. The lowest BCUT2D eigenvalue weighted by molar-refractivity contribution is 0.0697. The molecule has 0 fully saturated rings. The number of carboxylic acid groups (broad SMARTS) is 1. The Morgan fingerprint density at radius 1 is 0.850 bits per heavy atom. The van der Waals surface area contributed by atoms with E-state index in [1.165, 1.54) is 12.1 Å². The maximum Gasteiger partial charge on any atom is 0.335 e. The molecule has 2 aromatic rings. The summed E-state index contributed by atoms with van der Waals surface area (Å²) in [6.07, 6.45) is 0. The molecule has 0 aliphatic carbocycles. The molecule has 0 saturated carbocycles. The van der Waals surface area contributed by atoms with Crippen molar-refractivity contribution in [2.24, 2.45) is 0 Å². The lowest BCUT2D eigenvalue weighted by Gasteiger charge is -2.10. The van der Waals surface area contributed by atoms with Crippen molar-refractivity contribution in [2.45, 2.75) is 0 Å². The van der Waals surface area contributed by atoms with Gasteiger partial charge in [0, 0.05) is 18.2 Å². The molecule has 2 rings (SSSR count). The highest BCUT2D eigenvalue weighted by Gasteiger charge is 2.06. The third kappa shape index (κ3) is 3.20. The fourth-order valence-corrected chi connectivity index (χ4v) is 1.64. The van der Waals surface area contributed by atoms with Crippen molar-refractivity contribution in [3.05, 3.63) is 48.0 Å². The number of rotatable bonds is 5. The first kappa shape index (κ1) is 13.7. The molecule has 0 bridgehead atoms. The van der Waals surface area contributed by atoms with E-state index in [2.05, 4.69) is 0 Å². The number of aromatic carboxylic acids is 1. The number of carboxylic acids is 1. The van der Waals surface area contributed by atoms with Crippen LogP contribution in [0, 0.1) is 0 Å². The fraction of sp³-hybridized carbons (Fsp3) is 0.133. The van der Waals surface area contributed by atoms with Crippen LogP contribution in [0.4, 0.5) is 0 Å². The molecular weight excluding hydrogens is 260 g/mol. The minimum Gasteiger partial charge on any atom is -0.496 e. The summed E-state index contributed by atoms with van der Waals surface area (Å²) in [6.45, 7) is 0. The highest BCUT2D eigenvalue weighted by molar-refractivity contribution is 5.87. The van der Waals surface area contributed by atoms with E-state index >= 15 is 0 Å². The zero-order chi connectivity index (χ0) is 14.5. The molecule has 0 unspecified atom stereocenters. The van der Waals surface area contributed by atoms with Gasteiger partial charge in [-0.25, -0.2) is 4.79 Å². The zero-order valence-electron chi connectivity index (χ0n) is 11.1. The molecule has 0 amide bonds. The van der Waals surface area contributed by atoms with Gasteiger partial charge in [-0.05, 0) is 24.3 Å². The van der Waals surface area contributed by atoms with Crippen LogP contribution in [0.25, 0.3) is 0 Å². The predicted molar refractivity (Wildman–Crippen MR) is 73.0 cm³/mol. The van der Waals surface area contributed by atoms with Gasteiger partial charge in [0.2, 0.25) is 0 Å². The summed E-state index contributed by atoms with van der Waals surface area (Å²) < 4.78 is 15.9. The molecule has 0 aromatic heterocycles. The van der Waals surface area contributed by atoms with Crippen molar-refractivity contribution in [2.75, 3.05) is 14.2 Å². The molecule has 0 aliphatic rings. The van der Waals surface area contributed by atoms with Gasteiger partial charge in [-0.2, -0.15) is 0 Å². The van der Waals surface area contributed by atoms with Crippen molar-refractivity contribution in [3.8, 4) is 23.0 Å². The second-order valence-corrected chi connectivity index (χ2v) is 3.98. The summed E-state index contributed by atoms with van der Waals surface area (Å²) in [5.74, 6) is 1.33. The van der Waals surface area contributed by atoms with Gasteiger partial charge in [0.05, 0.1) is 19.8 Å². The maximum atomic E-state index is 10.8. The van der Waals surface area contributed by atoms with Gasteiger partial charge in [0.25, 0.3) is 0 Å². The van der Waals surface area contributed by atoms with Gasteiger partial charge in [-0.1, -0.05) is 0 Å². The van der Waals surface area contributed by atoms with Crippen LogP contribution in [0.15, 0.2) is 42.5 Å². The van der Waals surface area contributed by atoms with Gasteiger partial charge in [0.15, 0.2) is 0 Å². The van der Waals surface area contributed by atoms with E-state index < -0.39 is 5.97 Å². The summed E-state index contributed by atoms with van der Waals surface area (Å²) in [7, 11) is 3.11. The van der Waals surface area contributed by atoms with Gasteiger partial charge >= 0.3 is 5.97 Å². The van der Waals surface area contributed by atoms with Crippen molar-refractivity contribution in [3.63, 3.8) is 0 Å². The molecule has 0 atom stereocenters. The highest BCUT2D eigenvalue weighted by Crippen LogP contribution is 2.30. The minimum atomic E-state index is -0.973. The lowest BCUT2D eigenvalue weighted by Crippen LogP contribution is -1.95. The molecule has 0 aliphatic heterocycles. The van der Waals surface area contributed by atoms with E-state index in [4.69, 9.17) is 19.3 Å². The number of hydrogen-bond donors (Lipinski definition) is 1. The summed E-state index contributed by atoms with van der Waals surface area (Å²) in [6, 6.07) is 11.3. The van der Waals surface area contributed by atoms with E-state index in [0.717, 1.165) is 0 Å². The second-order valence-electron chi connectivity index (χ2n) is 3.98. The molecule has 1 N–H and O–H groups in total. The molecule has 5 nitrogen and oxygen atoms in total. The number of ether oxygens (including phenoxy) is 3. The van der Waals surface area contributed by atoms with Gasteiger partial charge in [-0.15, -0.1) is 0 Å². The SMILES string of the molecule is COc1cc(OC)cc(Oc2ccc(C(=O)O)cc2)c1. The summed E-state index contributed by atoms with van der Waals surface area (Å²) in [5.41, 5.74) is 0.209. The normalized spacial score (nSPS) is 9.90. The van der Waals surface area contributed by atoms with Crippen LogP contribution < -0.4 is 14.2 Å². The third-order valence-electron chi connectivity index (χ3n) is 2.66. The standard InChI is InChI=1S/C15H14O5/c1-18-12-7-13(19-2)9-14(8-12)20-11-5-3-10(4-6-11)15(16)17/h3-9H,1-2H3,(H,16,17). The fourth-order valence-electron chi connectivity index (χ4n) is 1.64. The van der Waals surface area contributed by atoms with E-state index in [1.54, 1.807) is 44.6 Å². The van der Waals surface area contributed by atoms with Crippen molar-refractivity contribution >= 4 is 5.97 Å². The largest absolute Gasteiger partial charge is 0.496 e. The monoisotopic (exact) mass is 274 g/mol. The molecule has 5 heteroatoms. The Morgan fingerprint density at radius 3 is 1.80 bits per heavy atom. The van der Waals surface area contributed by atoms with Crippen LogP contribution in [-0.2, 0) is 0 Å². The van der Waals surface area contributed by atoms with E-state index in [1.807, 2.05) is 0 Å². The van der Waals surface area contributed by atoms with Gasteiger partial charge in [0.1, 0.15) is 23.0 Å². The smallest absolute Gasteiger partial charge is 0.335 e. The lowest BCUT2D eigenvalue weighted by atomic mass is 10.2. The predicted octanol–water partition coefficient (Wildman–Crippen LogP) is 3.19. The van der Waals surface area contributed by atoms with Crippen LogP contribution in [0.3, 0.4) is 0 Å². The average Bonchev–Trinajstić information content (AvgIpc) is 2.47. The number of methoxy groups -OCH3 is 2. The molecule has 20 heavy (non-hydrogen) atoms. The molecule has 104 valence electrons. The topological polar surface area (TPSA) is 65.0 Å². The Bertz CT molecular complexity index is 582. The minimum absolute atomic E-state index is 0.209. The molecule has 0 heterocycles. The van der Waals surface area contributed by atoms with Crippen molar-refractivity contribution in [1.29, 1.82) is 0 Å². The van der Waals surface area contributed by atoms with Gasteiger partial charge < -0.3 is 19.3 Å². The number of benzene rings is 2. The molecule has 2 aromatic carbocycles. The zero-order valence-corrected chi connectivity index (χ0v) is 11.1. The summed E-state index contributed by atoms with van der Waals surface area (Å²) >= 11 is 0. The quantitative estimate of drug-likeness (QED) is 0.907. The molecule has 0 saturated heterocycles. The number of carbonyl (C=O) groups is 1. The second kappa shape index (κ2) is 5.97. The third-order valence-corrected chi connectivity index (χ3v) is 2.66. The molecule has 0 spiro atoms. The summed E-state index contributed by atoms with van der Waals surface area (Å²) in [5, 5.41) is 8.83. The van der Waals surface area contributed by atoms with Crippen LogP contribution in [0.1, 0.15) is 10.4 Å². The first-order valence-electron chi connectivity index (χ1n) is 5.86. The highest BCUT2D eigenvalue weighted by atomic mass is 16.5. The Labute approximate surface area is 116 Å². The van der Waals surface area contributed by atoms with Crippen LogP contribution >= 0.6 is 0 Å². The van der Waals surface area contributed by atoms with Crippen LogP contribution in [0.2, 0.25) is 0 Å². The Morgan fingerprint density at radius 2 is 1.35 bits per heavy atom. The molecular formula is C15H14O5. The Kier molecular flexibility index (Phi) is 4.10. The summed E-state index contributed by atoms with van der Waals surface area (Å²) in [4.78, 5) is 10.8. The van der Waals surface area contributed by atoms with E-state index in [9.17, 15) is 4.79 Å². The van der Waals surface area contributed by atoms with Gasteiger partial charge in [-0.3, -0.25) is 0 Å². The first-order valence-corrected chi connectivity index (χ1v) is 5.86. The van der Waals surface area contributed by atoms with Crippen LogP contribution in [-0.4, -0.2) is 25.3 Å². The van der Waals surface area contributed by atoms with E-state index in [0.29, 0.717) is 23.0 Å². The average molecular weight is 274 g/mol. The van der Waals surface area contributed by atoms with Crippen LogP contribution in [0.5, 0.6) is 23.0 Å². The number of hydrogen-bond acceptors (Lipinski definition) is 4. The van der Waals surface area contributed by atoms with Crippen molar-refractivity contribution in [1.82, 2.24) is 0 Å². The maximum absolute atomic E-state index is 10.8. The Balaban J connectivity index is 2.22. The molecule has 0 radical (unpaired) electrons. The van der Waals surface area contributed by atoms with E-state index in [-0.39, 0.29) is 5.56 Å². The Hall–Kier alpha value is -2.69.